The SMILES string of the molecule is Cc1noc(C)c1Cn1c(-c2ccc(N)cc2)nc2ccccc21. The number of hydrogen-bond donors (Lipinski definition) is 1. The second-order valence-corrected chi connectivity index (χ2v) is 5.94. The molecule has 0 unspecified atom stereocenters. The van der Waals surface area contributed by atoms with E-state index in [9.17, 15) is 0 Å². The molecular weight excluding hydrogens is 300 g/mol. The van der Waals surface area contributed by atoms with E-state index in [1.165, 1.54) is 0 Å². The van der Waals surface area contributed by atoms with Crippen molar-refractivity contribution in [3.63, 3.8) is 0 Å². The van der Waals surface area contributed by atoms with Gasteiger partial charge in [-0.05, 0) is 50.2 Å². The van der Waals surface area contributed by atoms with Crippen LogP contribution < -0.4 is 5.73 Å². The average molecular weight is 318 g/mol. The van der Waals surface area contributed by atoms with Gasteiger partial charge in [-0.1, -0.05) is 17.3 Å². The van der Waals surface area contributed by atoms with Crippen LogP contribution in [-0.4, -0.2) is 14.7 Å². The number of anilines is 1. The van der Waals surface area contributed by atoms with E-state index >= 15 is 0 Å². The molecule has 0 atom stereocenters. The minimum atomic E-state index is 0.668. The summed E-state index contributed by atoms with van der Waals surface area (Å²) >= 11 is 0. The molecule has 5 heteroatoms. The number of hydrogen-bond acceptors (Lipinski definition) is 4. The summed E-state index contributed by atoms with van der Waals surface area (Å²) in [5.41, 5.74) is 11.7. The zero-order chi connectivity index (χ0) is 16.7. The average Bonchev–Trinajstić information content (AvgIpc) is 3.11. The molecule has 0 bridgehead atoms. The zero-order valence-corrected chi connectivity index (χ0v) is 13.7. The number of para-hydroxylation sites is 2. The zero-order valence-electron chi connectivity index (χ0n) is 13.7. The number of aryl methyl sites for hydroxylation is 2. The van der Waals surface area contributed by atoms with Gasteiger partial charge in [0.1, 0.15) is 11.6 Å². The van der Waals surface area contributed by atoms with E-state index < -0.39 is 0 Å². The summed E-state index contributed by atoms with van der Waals surface area (Å²) in [5.74, 6) is 1.75. The van der Waals surface area contributed by atoms with E-state index in [4.69, 9.17) is 15.2 Å². The molecule has 4 aromatic rings. The fourth-order valence-corrected chi connectivity index (χ4v) is 2.97. The molecule has 0 fully saturated rings. The summed E-state index contributed by atoms with van der Waals surface area (Å²) in [6.07, 6.45) is 0. The molecule has 0 saturated heterocycles. The van der Waals surface area contributed by atoms with Crippen LogP contribution in [0.3, 0.4) is 0 Å². The van der Waals surface area contributed by atoms with Crippen molar-refractivity contribution < 1.29 is 4.52 Å². The topological polar surface area (TPSA) is 69.9 Å². The molecule has 0 aliphatic carbocycles. The third kappa shape index (κ3) is 2.34. The highest BCUT2D eigenvalue weighted by Gasteiger charge is 2.16. The van der Waals surface area contributed by atoms with Gasteiger partial charge in [-0.2, -0.15) is 0 Å². The molecular formula is C19H18N4O. The first-order valence-electron chi connectivity index (χ1n) is 7.86. The Morgan fingerprint density at radius 3 is 2.50 bits per heavy atom. The molecule has 0 amide bonds. The van der Waals surface area contributed by atoms with E-state index in [1.807, 2.05) is 56.3 Å². The standard InChI is InChI=1S/C19H18N4O/c1-12-16(13(2)24-22-12)11-23-18-6-4-3-5-17(18)21-19(23)14-7-9-15(20)10-8-14/h3-10H,11,20H2,1-2H3. The lowest BCUT2D eigenvalue weighted by Gasteiger charge is -2.09. The van der Waals surface area contributed by atoms with Gasteiger partial charge in [0.15, 0.2) is 0 Å². The summed E-state index contributed by atoms with van der Waals surface area (Å²) in [6, 6.07) is 15.9. The van der Waals surface area contributed by atoms with Crippen LogP contribution in [0.1, 0.15) is 17.0 Å². The van der Waals surface area contributed by atoms with Crippen molar-refractivity contribution in [3.05, 3.63) is 65.5 Å². The second kappa shape index (κ2) is 5.53. The molecule has 0 saturated carbocycles. The van der Waals surface area contributed by atoms with Crippen molar-refractivity contribution >= 4 is 16.7 Å². The fraction of sp³-hybridized carbons (Fsp3) is 0.158. The number of imidazole rings is 1. The Kier molecular flexibility index (Phi) is 3.34. The van der Waals surface area contributed by atoms with Crippen LogP contribution in [-0.2, 0) is 6.54 Å². The highest BCUT2D eigenvalue weighted by molar-refractivity contribution is 5.81. The van der Waals surface area contributed by atoms with Crippen molar-refractivity contribution in [2.45, 2.75) is 20.4 Å². The van der Waals surface area contributed by atoms with Crippen LogP contribution in [0.15, 0.2) is 53.1 Å². The van der Waals surface area contributed by atoms with Crippen LogP contribution in [0, 0.1) is 13.8 Å². The lowest BCUT2D eigenvalue weighted by Crippen LogP contribution is -2.04. The number of rotatable bonds is 3. The fourth-order valence-electron chi connectivity index (χ4n) is 2.97. The van der Waals surface area contributed by atoms with Gasteiger partial charge < -0.3 is 14.8 Å². The third-order valence-electron chi connectivity index (χ3n) is 4.32. The van der Waals surface area contributed by atoms with E-state index in [0.29, 0.717) is 6.54 Å². The molecule has 2 aromatic carbocycles. The molecule has 0 aliphatic rings. The lowest BCUT2D eigenvalue weighted by atomic mass is 10.1. The molecule has 2 heterocycles. The number of aromatic nitrogens is 3. The van der Waals surface area contributed by atoms with Gasteiger partial charge in [-0.3, -0.25) is 0 Å². The van der Waals surface area contributed by atoms with Gasteiger partial charge in [0.2, 0.25) is 0 Å². The molecule has 2 N–H and O–H groups in total. The van der Waals surface area contributed by atoms with Crippen molar-refractivity contribution in [1.82, 2.24) is 14.7 Å². The van der Waals surface area contributed by atoms with Crippen LogP contribution in [0.4, 0.5) is 5.69 Å². The van der Waals surface area contributed by atoms with E-state index in [-0.39, 0.29) is 0 Å². The Morgan fingerprint density at radius 1 is 1.04 bits per heavy atom. The minimum Gasteiger partial charge on any atom is -0.399 e. The van der Waals surface area contributed by atoms with Crippen molar-refractivity contribution in [1.29, 1.82) is 0 Å². The normalized spacial score (nSPS) is 11.2. The predicted octanol–water partition coefficient (Wildman–Crippen LogP) is 3.94. The molecule has 0 spiro atoms. The van der Waals surface area contributed by atoms with Crippen LogP contribution in [0.25, 0.3) is 22.4 Å². The van der Waals surface area contributed by atoms with Gasteiger partial charge in [-0.25, -0.2) is 4.98 Å². The molecule has 4 rings (SSSR count). The van der Waals surface area contributed by atoms with Crippen LogP contribution in [0.5, 0.6) is 0 Å². The van der Waals surface area contributed by atoms with E-state index in [2.05, 4.69) is 15.8 Å². The Hall–Kier alpha value is -3.08. The minimum absolute atomic E-state index is 0.668. The smallest absolute Gasteiger partial charge is 0.141 e. The molecule has 0 aliphatic heterocycles. The largest absolute Gasteiger partial charge is 0.399 e. The first kappa shape index (κ1) is 14.5. The summed E-state index contributed by atoms with van der Waals surface area (Å²) in [7, 11) is 0. The number of fused-ring (bicyclic) bond motifs is 1. The maximum atomic E-state index is 5.82. The Labute approximate surface area is 139 Å². The number of nitrogen functional groups attached to an aromatic ring is 1. The molecule has 0 radical (unpaired) electrons. The monoisotopic (exact) mass is 318 g/mol. The summed E-state index contributed by atoms with van der Waals surface area (Å²) in [5, 5.41) is 4.07. The first-order chi connectivity index (χ1) is 11.6. The quantitative estimate of drug-likeness (QED) is 0.581. The highest BCUT2D eigenvalue weighted by atomic mass is 16.5. The number of benzene rings is 2. The summed E-state index contributed by atoms with van der Waals surface area (Å²) < 4.78 is 7.52. The van der Waals surface area contributed by atoms with E-state index in [1.54, 1.807) is 0 Å². The third-order valence-corrected chi connectivity index (χ3v) is 4.32. The highest BCUT2D eigenvalue weighted by Crippen LogP contribution is 2.27. The maximum Gasteiger partial charge on any atom is 0.141 e. The van der Waals surface area contributed by atoms with Gasteiger partial charge >= 0.3 is 0 Å². The molecule has 120 valence electrons. The maximum absolute atomic E-state index is 5.82. The number of nitrogens with zero attached hydrogens (tertiary/aromatic N) is 3. The predicted molar refractivity (Wildman–Crippen MR) is 94.7 cm³/mol. The molecule has 5 nitrogen and oxygen atoms in total. The molecule has 24 heavy (non-hydrogen) atoms. The van der Waals surface area contributed by atoms with Crippen LogP contribution >= 0.6 is 0 Å². The van der Waals surface area contributed by atoms with Crippen molar-refractivity contribution in [2.75, 3.05) is 5.73 Å². The Bertz CT molecular complexity index is 992. The second-order valence-electron chi connectivity index (χ2n) is 5.94. The Balaban J connectivity index is 1.92. The lowest BCUT2D eigenvalue weighted by molar-refractivity contribution is 0.392. The summed E-state index contributed by atoms with van der Waals surface area (Å²) in [4.78, 5) is 4.82. The van der Waals surface area contributed by atoms with Gasteiger partial charge in [0, 0.05) is 16.8 Å². The number of nitrogens with two attached hydrogens (primary N) is 1. The van der Waals surface area contributed by atoms with Gasteiger partial charge in [-0.15, -0.1) is 0 Å². The van der Waals surface area contributed by atoms with Crippen molar-refractivity contribution in [2.24, 2.45) is 0 Å². The van der Waals surface area contributed by atoms with Gasteiger partial charge in [0.05, 0.1) is 23.3 Å². The Morgan fingerprint density at radius 2 is 1.79 bits per heavy atom. The van der Waals surface area contributed by atoms with E-state index in [0.717, 1.165) is 45.1 Å². The van der Waals surface area contributed by atoms with Gasteiger partial charge in [0.25, 0.3) is 0 Å². The first-order valence-corrected chi connectivity index (χ1v) is 7.86. The van der Waals surface area contributed by atoms with Crippen LogP contribution in [0.2, 0.25) is 0 Å². The molecule has 2 aromatic heterocycles. The summed E-state index contributed by atoms with van der Waals surface area (Å²) in [6.45, 7) is 4.58. The van der Waals surface area contributed by atoms with Crippen molar-refractivity contribution in [3.8, 4) is 11.4 Å².